The van der Waals surface area contributed by atoms with Crippen molar-refractivity contribution in [3.63, 3.8) is 0 Å². The molecule has 1 fully saturated rings. The van der Waals surface area contributed by atoms with Crippen LogP contribution in [0, 0.1) is 0 Å². The zero-order chi connectivity index (χ0) is 10.7. The van der Waals surface area contributed by atoms with Gasteiger partial charge in [0.1, 0.15) is 6.54 Å². The predicted molar refractivity (Wildman–Crippen MR) is 51.8 cm³/mol. The van der Waals surface area contributed by atoms with Gasteiger partial charge in [0.05, 0.1) is 19.4 Å². The minimum atomic E-state index is -0.00565. The van der Waals surface area contributed by atoms with E-state index in [0.717, 1.165) is 0 Å². The molecular formula is C8H13N5O2. The van der Waals surface area contributed by atoms with Crippen LogP contribution in [0.4, 0.5) is 5.82 Å². The topological polar surface area (TPSA) is 86.3 Å². The molecule has 0 bridgehead atoms. The average molecular weight is 211 g/mol. The molecule has 7 heteroatoms. The number of anilines is 1. The average Bonchev–Trinajstić information content (AvgIpc) is 2.65. The summed E-state index contributed by atoms with van der Waals surface area (Å²) in [7, 11) is 0. The van der Waals surface area contributed by atoms with Gasteiger partial charge < -0.3 is 15.4 Å². The molecule has 1 aliphatic rings. The molecule has 1 aliphatic heterocycles. The standard InChI is InChI=1S/C8H13N5O2/c9-7-5-10-13(11-7)6-8(14)12-1-3-15-4-2-12/h5H,1-4,6H2,(H2,9,11). The van der Waals surface area contributed by atoms with Crippen molar-refractivity contribution >= 4 is 11.7 Å². The Bertz CT molecular complexity index is 345. The lowest BCUT2D eigenvalue weighted by Crippen LogP contribution is -2.42. The van der Waals surface area contributed by atoms with Crippen LogP contribution in [-0.4, -0.2) is 52.1 Å². The highest BCUT2D eigenvalue weighted by Gasteiger charge is 2.17. The molecule has 2 rings (SSSR count). The number of amides is 1. The van der Waals surface area contributed by atoms with Crippen molar-refractivity contribution in [2.45, 2.75) is 6.54 Å². The largest absolute Gasteiger partial charge is 0.381 e. The van der Waals surface area contributed by atoms with Gasteiger partial charge in [0.2, 0.25) is 5.91 Å². The highest BCUT2D eigenvalue weighted by atomic mass is 16.5. The number of carbonyl (C=O) groups is 1. The van der Waals surface area contributed by atoms with Crippen LogP contribution >= 0.6 is 0 Å². The van der Waals surface area contributed by atoms with E-state index in [1.165, 1.54) is 11.0 Å². The van der Waals surface area contributed by atoms with E-state index >= 15 is 0 Å². The smallest absolute Gasteiger partial charge is 0.246 e. The molecule has 82 valence electrons. The number of ether oxygens (including phenoxy) is 1. The summed E-state index contributed by atoms with van der Waals surface area (Å²) in [4.78, 5) is 14.7. The lowest BCUT2D eigenvalue weighted by molar-refractivity contribution is -0.136. The predicted octanol–water partition coefficient (Wildman–Crippen LogP) is -1.28. The fourth-order valence-electron chi connectivity index (χ4n) is 1.42. The van der Waals surface area contributed by atoms with E-state index < -0.39 is 0 Å². The van der Waals surface area contributed by atoms with Crippen molar-refractivity contribution in [2.75, 3.05) is 32.0 Å². The molecule has 15 heavy (non-hydrogen) atoms. The zero-order valence-electron chi connectivity index (χ0n) is 8.30. The van der Waals surface area contributed by atoms with Crippen molar-refractivity contribution in [1.29, 1.82) is 0 Å². The molecule has 0 atom stereocenters. The van der Waals surface area contributed by atoms with Gasteiger partial charge in [0.25, 0.3) is 0 Å². The Balaban J connectivity index is 1.91. The quantitative estimate of drug-likeness (QED) is 0.658. The van der Waals surface area contributed by atoms with Gasteiger partial charge >= 0.3 is 0 Å². The van der Waals surface area contributed by atoms with Crippen LogP contribution in [0.2, 0.25) is 0 Å². The first-order chi connectivity index (χ1) is 7.25. The number of aromatic nitrogens is 3. The SMILES string of the molecule is Nc1cnn(CC(=O)N2CCOCC2)n1. The Hall–Kier alpha value is -1.63. The first kappa shape index (κ1) is 9.91. The Labute approximate surface area is 86.8 Å². The van der Waals surface area contributed by atoms with Crippen LogP contribution in [0.5, 0.6) is 0 Å². The molecule has 1 aromatic heterocycles. The highest BCUT2D eigenvalue weighted by Crippen LogP contribution is 1.99. The maximum absolute atomic E-state index is 11.7. The second-order valence-corrected chi connectivity index (χ2v) is 3.29. The third-order valence-corrected chi connectivity index (χ3v) is 2.19. The molecule has 0 saturated carbocycles. The maximum atomic E-state index is 11.7. The van der Waals surface area contributed by atoms with Crippen LogP contribution < -0.4 is 5.73 Å². The van der Waals surface area contributed by atoms with E-state index in [1.54, 1.807) is 4.90 Å². The number of nitrogens with two attached hydrogens (primary N) is 1. The molecule has 1 saturated heterocycles. The fraction of sp³-hybridized carbons (Fsp3) is 0.625. The zero-order valence-corrected chi connectivity index (χ0v) is 8.30. The monoisotopic (exact) mass is 211 g/mol. The third-order valence-electron chi connectivity index (χ3n) is 2.19. The van der Waals surface area contributed by atoms with Gasteiger partial charge in [-0.2, -0.15) is 9.90 Å². The van der Waals surface area contributed by atoms with Crippen LogP contribution in [0.25, 0.3) is 0 Å². The fourth-order valence-corrected chi connectivity index (χ4v) is 1.42. The lowest BCUT2D eigenvalue weighted by atomic mass is 10.4. The number of carbonyl (C=O) groups excluding carboxylic acids is 1. The summed E-state index contributed by atoms with van der Waals surface area (Å²) in [6.45, 7) is 2.60. The Kier molecular flexibility index (Phi) is 2.82. The van der Waals surface area contributed by atoms with Gasteiger partial charge in [0, 0.05) is 13.1 Å². The minimum Gasteiger partial charge on any atom is -0.381 e. The molecule has 0 unspecified atom stereocenters. The van der Waals surface area contributed by atoms with Gasteiger partial charge in [-0.05, 0) is 0 Å². The van der Waals surface area contributed by atoms with Gasteiger partial charge in [-0.25, -0.2) is 0 Å². The summed E-state index contributed by atoms with van der Waals surface area (Å²) < 4.78 is 5.15. The molecule has 2 N–H and O–H groups in total. The van der Waals surface area contributed by atoms with Crippen LogP contribution in [0.3, 0.4) is 0 Å². The van der Waals surface area contributed by atoms with Crippen molar-refractivity contribution in [1.82, 2.24) is 19.9 Å². The van der Waals surface area contributed by atoms with Crippen LogP contribution in [0.1, 0.15) is 0 Å². The summed E-state index contributed by atoms with van der Waals surface area (Å²) in [6.07, 6.45) is 1.42. The minimum absolute atomic E-state index is 0.00565. The molecule has 7 nitrogen and oxygen atoms in total. The Morgan fingerprint density at radius 1 is 1.53 bits per heavy atom. The summed E-state index contributed by atoms with van der Waals surface area (Å²) >= 11 is 0. The first-order valence-electron chi connectivity index (χ1n) is 4.77. The number of nitrogen functional groups attached to an aromatic ring is 1. The summed E-state index contributed by atoms with van der Waals surface area (Å²) in [5.74, 6) is 0.318. The molecule has 2 heterocycles. The third kappa shape index (κ3) is 2.44. The second kappa shape index (κ2) is 4.26. The van der Waals surface area contributed by atoms with E-state index in [9.17, 15) is 4.79 Å². The Morgan fingerprint density at radius 2 is 2.27 bits per heavy atom. The molecule has 0 radical (unpaired) electrons. The molecule has 0 aliphatic carbocycles. The van der Waals surface area contributed by atoms with E-state index in [2.05, 4.69) is 10.2 Å². The summed E-state index contributed by atoms with van der Waals surface area (Å²) in [6, 6.07) is 0. The second-order valence-electron chi connectivity index (χ2n) is 3.29. The van der Waals surface area contributed by atoms with Crippen LogP contribution in [0.15, 0.2) is 6.20 Å². The number of hydrogen-bond acceptors (Lipinski definition) is 5. The molecule has 1 aromatic rings. The van der Waals surface area contributed by atoms with E-state index in [0.29, 0.717) is 32.1 Å². The maximum Gasteiger partial charge on any atom is 0.246 e. The Morgan fingerprint density at radius 3 is 2.87 bits per heavy atom. The number of morpholine rings is 1. The van der Waals surface area contributed by atoms with Gasteiger partial charge in [-0.3, -0.25) is 4.79 Å². The van der Waals surface area contributed by atoms with Gasteiger partial charge in [-0.15, -0.1) is 5.10 Å². The summed E-state index contributed by atoms with van der Waals surface area (Å²) in [5, 5.41) is 7.70. The number of hydrogen-bond donors (Lipinski definition) is 1. The first-order valence-corrected chi connectivity index (χ1v) is 4.77. The number of nitrogens with zero attached hydrogens (tertiary/aromatic N) is 4. The van der Waals surface area contributed by atoms with Gasteiger partial charge in [-0.1, -0.05) is 0 Å². The van der Waals surface area contributed by atoms with Crippen molar-refractivity contribution in [3.8, 4) is 0 Å². The van der Waals surface area contributed by atoms with Crippen molar-refractivity contribution in [3.05, 3.63) is 6.20 Å². The normalized spacial score (nSPS) is 16.7. The molecule has 0 aromatic carbocycles. The highest BCUT2D eigenvalue weighted by molar-refractivity contribution is 5.75. The van der Waals surface area contributed by atoms with Crippen molar-refractivity contribution in [2.24, 2.45) is 0 Å². The number of rotatable bonds is 2. The van der Waals surface area contributed by atoms with Gasteiger partial charge in [0.15, 0.2) is 5.82 Å². The lowest BCUT2D eigenvalue weighted by Gasteiger charge is -2.26. The van der Waals surface area contributed by atoms with E-state index in [-0.39, 0.29) is 12.5 Å². The molecular weight excluding hydrogens is 198 g/mol. The summed E-state index contributed by atoms with van der Waals surface area (Å²) in [5.41, 5.74) is 5.39. The van der Waals surface area contributed by atoms with E-state index in [1.807, 2.05) is 0 Å². The molecule has 0 spiro atoms. The van der Waals surface area contributed by atoms with Crippen LogP contribution in [-0.2, 0) is 16.1 Å². The molecule has 1 amide bonds. The van der Waals surface area contributed by atoms with E-state index in [4.69, 9.17) is 10.5 Å². The van der Waals surface area contributed by atoms with Crippen molar-refractivity contribution < 1.29 is 9.53 Å².